The van der Waals surface area contributed by atoms with Gasteiger partial charge in [-0.3, -0.25) is 0 Å². The highest BCUT2D eigenvalue weighted by Gasteiger charge is 2.08. The SMILES string of the molecule is N#CC(=CNc1c(O)ccc2ccccc12)c1nn[nH]n1. The highest BCUT2D eigenvalue weighted by Crippen LogP contribution is 2.32. The predicted molar refractivity (Wildman–Crippen MR) is 77.0 cm³/mol. The average Bonchev–Trinajstić information content (AvgIpc) is 3.04. The molecule has 0 bridgehead atoms. The van der Waals surface area contributed by atoms with Gasteiger partial charge in [-0.2, -0.15) is 10.5 Å². The van der Waals surface area contributed by atoms with Crippen LogP contribution in [0, 0.1) is 11.3 Å². The number of benzene rings is 2. The van der Waals surface area contributed by atoms with Gasteiger partial charge in [0, 0.05) is 11.6 Å². The molecule has 3 aromatic rings. The number of aromatic hydroxyl groups is 1. The Bertz CT molecular complexity index is 848. The highest BCUT2D eigenvalue weighted by molar-refractivity contribution is 5.97. The Kier molecular flexibility index (Phi) is 3.19. The number of anilines is 1. The summed E-state index contributed by atoms with van der Waals surface area (Å²) in [4.78, 5) is 0. The largest absolute Gasteiger partial charge is 0.506 e. The first-order chi connectivity index (χ1) is 10.3. The molecule has 0 fully saturated rings. The van der Waals surface area contributed by atoms with Crippen LogP contribution in [0.2, 0.25) is 0 Å². The van der Waals surface area contributed by atoms with E-state index in [2.05, 4.69) is 25.9 Å². The molecule has 1 aromatic heterocycles. The lowest BCUT2D eigenvalue weighted by Crippen LogP contribution is -1.94. The summed E-state index contributed by atoms with van der Waals surface area (Å²) in [5, 5.41) is 37.1. The van der Waals surface area contributed by atoms with Gasteiger partial charge >= 0.3 is 0 Å². The minimum Gasteiger partial charge on any atom is -0.506 e. The number of H-pyrrole nitrogens is 1. The van der Waals surface area contributed by atoms with Crippen molar-refractivity contribution in [2.45, 2.75) is 0 Å². The normalized spacial score (nSPS) is 11.3. The second kappa shape index (κ2) is 5.30. The van der Waals surface area contributed by atoms with Crippen LogP contribution in [0.25, 0.3) is 16.3 Å². The lowest BCUT2D eigenvalue weighted by Gasteiger charge is -2.08. The summed E-state index contributed by atoms with van der Waals surface area (Å²) in [6.45, 7) is 0. The van der Waals surface area contributed by atoms with Crippen LogP contribution in [0.5, 0.6) is 5.75 Å². The van der Waals surface area contributed by atoms with Crippen molar-refractivity contribution < 1.29 is 5.11 Å². The molecular weight excluding hydrogens is 268 g/mol. The summed E-state index contributed by atoms with van der Waals surface area (Å²) in [7, 11) is 0. The quantitative estimate of drug-likeness (QED) is 0.499. The first kappa shape index (κ1) is 12.6. The maximum absolute atomic E-state index is 10.0. The molecule has 2 aromatic carbocycles. The molecule has 0 spiro atoms. The van der Waals surface area contributed by atoms with Crippen molar-refractivity contribution >= 4 is 22.0 Å². The summed E-state index contributed by atoms with van der Waals surface area (Å²) in [5.74, 6) is 0.278. The Morgan fingerprint density at radius 2 is 2.14 bits per heavy atom. The van der Waals surface area contributed by atoms with Gasteiger partial charge in [-0.05, 0) is 16.7 Å². The van der Waals surface area contributed by atoms with Crippen LogP contribution in [-0.4, -0.2) is 25.7 Å². The Morgan fingerprint density at radius 1 is 1.29 bits per heavy atom. The Morgan fingerprint density at radius 3 is 2.90 bits per heavy atom. The number of phenols is 1. The topological polar surface area (TPSA) is 111 Å². The lowest BCUT2D eigenvalue weighted by atomic mass is 10.1. The number of nitrogens with zero attached hydrogens (tertiary/aromatic N) is 4. The van der Waals surface area contributed by atoms with E-state index in [1.807, 2.05) is 36.4 Å². The summed E-state index contributed by atoms with van der Waals surface area (Å²) < 4.78 is 0. The molecule has 0 aliphatic heterocycles. The zero-order chi connectivity index (χ0) is 14.7. The summed E-state index contributed by atoms with van der Waals surface area (Å²) >= 11 is 0. The molecule has 0 amide bonds. The molecule has 0 atom stereocenters. The minimum absolute atomic E-state index is 0.0929. The number of rotatable bonds is 3. The van der Waals surface area contributed by atoms with Gasteiger partial charge in [-0.15, -0.1) is 10.2 Å². The third-order valence-corrected chi connectivity index (χ3v) is 2.97. The van der Waals surface area contributed by atoms with Gasteiger partial charge in [0.05, 0.1) is 5.69 Å². The predicted octanol–water partition coefficient (Wildman–Crippen LogP) is 2.04. The molecule has 1 heterocycles. The van der Waals surface area contributed by atoms with E-state index in [0.717, 1.165) is 10.8 Å². The van der Waals surface area contributed by atoms with E-state index in [4.69, 9.17) is 5.26 Å². The molecule has 0 saturated heterocycles. The number of phenolic OH excluding ortho intramolecular Hbond substituents is 1. The zero-order valence-corrected chi connectivity index (χ0v) is 10.8. The molecule has 3 N–H and O–H groups in total. The first-order valence-electron chi connectivity index (χ1n) is 6.11. The molecule has 102 valence electrons. The summed E-state index contributed by atoms with van der Waals surface area (Å²) in [5.41, 5.74) is 0.723. The second-order valence-electron chi connectivity index (χ2n) is 4.23. The smallest absolute Gasteiger partial charge is 0.216 e. The minimum atomic E-state index is 0.0929. The van der Waals surface area contributed by atoms with Gasteiger partial charge in [-0.25, -0.2) is 0 Å². The van der Waals surface area contributed by atoms with Gasteiger partial charge in [0.25, 0.3) is 0 Å². The number of hydrogen-bond donors (Lipinski definition) is 3. The van der Waals surface area contributed by atoms with E-state index in [-0.39, 0.29) is 17.1 Å². The average molecular weight is 278 g/mol. The second-order valence-corrected chi connectivity index (χ2v) is 4.23. The van der Waals surface area contributed by atoms with Crippen LogP contribution in [0.4, 0.5) is 5.69 Å². The number of nitriles is 1. The number of hydrogen-bond acceptors (Lipinski definition) is 6. The van der Waals surface area contributed by atoms with Crippen LogP contribution in [-0.2, 0) is 0 Å². The van der Waals surface area contributed by atoms with Crippen molar-refractivity contribution in [1.29, 1.82) is 5.26 Å². The van der Waals surface area contributed by atoms with Crippen LogP contribution in [0.15, 0.2) is 42.6 Å². The molecular formula is C14H10N6O. The van der Waals surface area contributed by atoms with E-state index in [1.165, 1.54) is 6.20 Å². The summed E-state index contributed by atoms with van der Waals surface area (Å²) in [6.07, 6.45) is 1.44. The van der Waals surface area contributed by atoms with Crippen molar-refractivity contribution in [3.8, 4) is 11.8 Å². The standard InChI is InChI=1S/C14H10N6O/c15-7-10(14-17-19-20-18-14)8-16-13-11-4-2-1-3-9(11)5-6-12(13)21/h1-6,8,16,21H,(H,17,18,19,20). The van der Waals surface area contributed by atoms with Gasteiger partial charge in [0.1, 0.15) is 17.4 Å². The number of fused-ring (bicyclic) bond motifs is 1. The van der Waals surface area contributed by atoms with Gasteiger partial charge in [0.2, 0.25) is 5.82 Å². The molecule has 7 heteroatoms. The summed E-state index contributed by atoms with van der Waals surface area (Å²) in [6, 6.07) is 13.0. The molecule has 7 nitrogen and oxygen atoms in total. The van der Waals surface area contributed by atoms with Crippen molar-refractivity contribution in [2.75, 3.05) is 5.32 Å². The van der Waals surface area contributed by atoms with Crippen LogP contribution in [0.3, 0.4) is 0 Å². The number of nitrogens with one attached hydrogen (secondary N) is 2. The van der Waals surface area contributed by atoms with E-state index >= 15 is 0 Å². The monoisotopic (exact) mass is 278 g/mol. The van der Waals surface area contributed by atoms with Gasteiger partial charge in [-0.1, -0.05) is 30.3 Å². The molecule has 0 aliphatic carbocycles. The van der Waals surface area contributed by atoms with Crippen molar-refractivity contribution in [3.63, 3.8) is 0 Å². The Balaban J connectivity index is 2.02. The number of allylic oxidation sites excluding steroid dienone is 1. The van der Waals surface area contributed by atoms with Crippen LogP contribution in [0.1, 0.15) is 5.82 Å². The van der Waals surface area contributed by atoms with Gasteiger partial charge < -0.3 is 10.4 Å². The number of aromatic amines is 1. The molecule has 21 heavy (non-hydrogen) atoms. The fourth-order valence-corrected chi connectivity index (χ4v) is 1.98. The van der Waals surface area contributed by atoms with Crippen LogP contribution < -0.4 is 5.32 Å². The molecule has 0 unspecified atom stereocenters. The van der Waals surface area contributed by atoms with Crippen LogP contribution >= 0.6 is 0 Å². The van der Waals surface area contributed by atoms with Crippen molar-refractivity contribution in [3.05, 3.63) is 48.4 Å². The van der Waals surface area contributed by atoms with E-state index in [0.29, 0.717) is 5.69 Å². The first-order valence-corrected chi connectivity index (χ1v) is 6.11. The molecule has 3 rings (SSSR count). The van der Waals surface area contributed by atoms with Crippen molar-refractivity contribution in [2.24, 2.45) is 0 Å². The van der Waals surface area contributed by atoms with Gasteiger partial charge in [0.15, 0.2) is 0 Å². The maximum Gasteiger partial charge on any atom is 0.216 e. The molecule has 0 saturated carbocycles. The van der Waals surface area contributed by atoms with E-state index < -0.39 is 0 Å². The van der Waals surface area contributed by atoms with Crippen molar-refractivity contribution in [1.82, 2.24) is 20.6 Å². The van der Waals surface area contributed by atoms with E-state index in [9.17, 15) is 5.11 Å². The highest BCUT2D eigenvalue weighted by atomic mass is 16.3. The molecule has 0 aliphatic rings. The fraction of sp³-hybridized carbons (Fsp3) is 0. The Hall–Kier alpha value is -3.40. The third-order valence-electron chi connectivity index (χ3n) is 2.97. The number of aromatic nitrogens is 4. The van der Waals surface area contributed by atoms with E-state index in [1.54, 1.807) is 6.07 Å². The number of tetrazole rings is 1. The molecule has 0 radical (unpaired) electrons. The Labute approximate surface area is 119 Å². The fourth-order valence-electron chi connectivity index (χ4n) is 1.98. The lowest BCUT2D eigenvalue weighted by molar-refractivity contribution is 0.478. The maximum atomic E-state index is 10.0. The zero-order valence-electron chi connectivity index (χ0n) is 10.8. The third kappa shape index (κ3) is 2.37.